The fraction of sp³-hybridized carbons (Fsp3) is 0.857. The van der Waals surface area contributed by atoms with Crippen molar-refractivity contribution < 1.29 is 4.79 Å². The van der Waals surface area contributed by atoms with E-state index < -0.39 is 0 Å². The van der Waals surface area contributed by atoms with Gasteiger partial charge in [-0.3, -0.25) is 4.79 Å². The summed E-state index contributed by atoms with van der Waals surface area (Å²) in [4.78, 5) is 12.1. The SMILES string of the molecule is CCN(C=O)CC1CC1. The minimum absolute atomic E-state index is 0.829. The van der Waals surface area contributed by atoms with Gasteiger partial charge in [-0.05, 0) is 25.7 Å². The predicted molar refractivity (Wildman–Crippen MR) is 36.0 cm³/mol. The Balaban J connectivity index is 2.12. The van der Waals surface area contributed by atoms with Crippen molar-refractivity contribution >= 4 is 6.41 Å². The molecule has 2 heteroatoms. The van der Waals surface area contributed by atoms with Gasteiger partial charge in [-0.15, -0.1) is 0 Å². The summed E-state index contributed by atoms with van der Waals surface area (Å²) >= 11 is 0. The van der Waals surface area contributed by atoms with E-state index in [0.29, 0.717) is 0 Å². The first-order valence-electron chi connectivity index (χ1n) is 3.56. The molecule has 0 aliphatic heterocycles. The molecule has 1 fully saturated rings. The molecule has 9 heavy (non-hydrogen) atoms. The van der Waals surface area contributed by atoms with E-state index in [1.165, 1.54) is 12.8 Å². The van der Waals surface area contributed by atoms with Crippen LogP contribution in [-0.4, -0.2) is 24.4 Å². The maximum absolute atomic E-state index is 10.2. The maximum Gasteiger partial charge on any atom is 0.209 e. The van der Waals surface area contributed by atoms with E-state index in [2.05, 4.69) is 0 Å². The largest absolute Gasteiger partial charge is 0.345 e. The van der Waals surface area contributed by atoms with Crippen molar-refractivity contribution in [1.29, 1.82) is 0 Å². The predicted octanol–water partition coefficient (Wildman–Crippen LogP) is 0.875. The molecule has 1 rings (SSSR count). The van der Waals surface area contributed by atoms with Crippen molar-refractivity contribution in [2.75, 3.05) is 13.1 Å². The van der Waals surface area contributed by atoms with E-state index in [1.807, 2.05) is 11.8 Å². The lowest BCUT2D eigenvalue weighted by molar-refractivity contribution is -0.118. The average molecular weight is 127 g/mol. The van der Waals surface area contributed by atoms with Gasteiger partial charge in [0.2, 0.25) is 6.41 Å². The summed E-state index contributed by atoms with van der Waals surface area (Å²) in [7, 11) is 0. The molecule has 1 aliphatic rings. The molecular weight excluding hydrogens is 114 g/mol. The van der Waals surface area contributed by atoms with Crippen molar-refractivity contribution in [2.45, 2.75) is 19.8 Å². The molecule has 1 amide bonds. The van der Waals surface area contributed by atoms with Gasteiger partial charge in [-0.2, -0.15) is 0 Å². The Morgan fingerprint density at radius 2 is 2.33 bits per heavy atom. The van der Waals surface area contributed by atoms with Crippen LogP contribution < -0.4 is 0 Å². The maximum atomic E-state index is 10.2. The molecule has 52 valence electrons. The minimum atomic E-state index is 0.829. The monoisotopic (exact) mass is 127 g/mol. The first kappa shape index (κ1) is 6.59. The van der Waals surface area contributed by atoms with Crippen molar-refractivity contribution in [3.8, 4) is 0 Å². The lowest BCUT2D eigenvalue weighted by Gasteiger charge is -2.12. The van der Waals surface area contributed by atoms with Crippen LogP contribution in [0, 0.1) is 5.92 Å². The molecule has 0 unspecified atom stereocenters. The van der Waals surface area contributed by atoms with Gasteiger partial charge in [0.15, 0.2) is 0 Å². The second-order valence-corrected chi connectivity index (χ2v) is 2.64. The molecule has 0 aromatic carbocycles. The molecule has 0 atom stereocenters. The number of rotatable bonds is 4. The highest BCUT2D eigenvalue weighted by Crippen LogP contribution is 2.29. The fourth-order valence-electron chi connectivity index (χ4n) is 0.879. The van der Waals surface area contributed by atoms with Gasteiger partial charge in [0.25, 0.3) is 0 Å². The molecule has 0 spiro atoms. The zero-order chi connectivity index (χ0) is 6.69. The molecule has 0 aromatic rings. The van der Waals surface area contributed by atoms with Gasteiger partial charge in [0.1, 0.15) is 0 Å². The lowest BCUT2D eigenvalue weighted by Crippen LogP contribution is -2.23. The first-order valence-corrected chi connectivity index (χ1v) is 3.56. The number of nitrogens with zero attached hydrogens (tertiary/aromatic N) is 1. The third-order valence-corrected chi connectivity index (χ3v) is 1.74. The van der Waals surface area contributed by atoms with Gasteiger partial charge >= 0.3 is 0 Å². The number of amides is 1. The molecule has 0 radical (unpaired) electrons. The molecule has 0 aromatic heterocycles. The number of carbonyl (C=O) groups excluding carboxylic acids is 1. The topological polar surface area (TPSA) is 20.3 Å². The van der Waals surface area contributed by atoms with Crippen LogP contribution in [0.4, 0.5) is 0 Å². The van der Waals surface area contributed by atoms with Crippen LogP contribution >= 0.6 is 0 Å². The molecule has 0 bridgehead atoms. The summed E-state index contributed by atoms with van der Waals surface area (Å²) in [5.74, 6) is 0.829. The van der Waals surface area contributed by atoms with Crippen molar-refractivity contribution in [2.24, 2.45) is 5.92 Å². The summed E-state index contributed by atoms with van der Waals surface area (Å²) in [6.07, 6.45) is 3.59. The third kappa shape index (κ3) is 2.04. The van der Waals surface area contributed by atoms with E-state index >= 15 is 0 Å². The number of hydrogen-bond donors (Lipinski definition) is 0. The Kier molecular flexibility index (Phi) is 2.09. The van der Waals surface area contributed by atoms with E-state index in [1.54, 1.807) is 0 Å². The molecule has 0 heterocycles. The van der Waals surface area contributed by atoms with Crippen molar-refractivity contribution in [3.05, 3.63) is 0 Å². The van der Waals surface area contributed by atoms with Crippen LogP contribution in [0.15, 0.2) is 0 Å². The molecule has 0 N–H and O–H groups in total. The van der Waals surface area contributed by atoms with E-state index in [-0.39, 0.29) is 0 Å². The third-order valence-electron chi connectivity index (χ3n) is 1.74. The number of hydrogen-bond acceptors (Lipinski definition) is 1. The van der Waals surface area contributed by atoms with Crippen LogP contribution in [0.25, 0.3) is 0 Å². The smallest absolute Gasteiger partial charge is 0.209 e. The van der Waals surface area contributed by atoms with Gasteiger partial charge < -0.3 is 4.90 Å². The van der Waals surface area contributed by atoms with Crippen LogP contribution in [0.1, 0.15) is 19.8 Å². The summed E-state index contributed by atoms with van der Waals surface area (Å²) in [5.41, 5.74) is 0. The normalized spacial score (nSPS) is 17.4. The highest BCUT2D eigenvalue weighted by molar-refractivity contribution is 5.46. The van der Waals surface area contributed by atoms with Crippen molar-refractivity contribution in [1.82, 2.24) is 4.90 Å². The highest BCUT2D eigenvalue weighted by Gasteiger charge is 2.22. The van der Waals surface area contributed by atoms with Gasteiger partial charge in [-0.1, -0.05) is 0 Å². The summed E-state index contributed by atoms with van der Waals surface area (Å²) in [6.45, 7) is 3.86. The molecular formula is C7H13NO. The Bertz CT molecular complexity index is 99.1. The van der Waals surface area contributed by atoms with Crippen LogP contribution in [-0.2, 0) is 4.79 Å². The zero-order valence-electron chi connectivity index (χ0n) is 5.84. The van der Waals surface area contributed by atoms with Crippen LogP contribution in [0.2, 0.25) is 0 Å². The molecule has 0 saturated heterocycles. The first-order chi connectivity index (χ1) is 4.36. The molecule has 1 saturated carbocycles. The summed E-state index contributed by atoms with van der Waals surface area (Å²) in [5, 5.41) is 0. The van der Waals surface area contributed by atoms with Crippen molar-refractivity contribution in [3.63, 3.8) is 0 Å². The van der Waals surface area contributed by atoms with Crippen LogP contribution in [0.3, 0.4) is 0 Å². The molecule has 2 nitrogen and oxygen atoms in total. The summed E-state index contributed by atoms with van der Waals surface area (Å²) < 4.78 is 0. The summed E-state index contributed by atoms with van der Waals surface area (Å²) in [6, 6.07) is 0. The lowest BCUT2D eigenvalue weighted by atomic mass is 10.4. The Labute approximate surface area is 55.8 Å². The second-order valence-electron chi connectivity index (χ2n) is 2.64. The quantitative estimate of drug-likeness (QED) is 0.513. The van der Waals surface area contributed by atoms with Gasteiger partial charge in [0.05, 0.1) is 0 Å². The Morgan fingerprint density at radius 3 is 2.67 bits per heavy atom. The minimum Gasteiger partial charge on any atom is -0.345 e. The standard InChI is InChI=1S/C7H13NO/c1-2-8(6-9)5-7-3-4-7/h6-7H,2-5H2,1H3. The Morgan fingerprint density at radius 1 is 1.67 bits per heavy atom. The van der Waals surface area contributed by atoms with E-state index in [9.17, 15) is 4.79 Å². The fourth-order valence-corrected chi connectivity index (χ4v) is 0.879. The highest BCUT2D eigenvalue weighted by atomic mass is 16.1. The zero-order valence-corrected chi connectivity index (χ0v) is 5.84. The van der Waals surface area contributed by atoms with E-state index in [4.69, 9.17) is 0 Å². The van der Waals surface area contributed by atoms with Gasteiger partial charge in [-0.25, -0.2) is 0 Å². The Hall–Kier alpha value is -0.530. The average Bonchev–Trinajstić information content (AvgIpc) is 2.66. The molecule has 1 aliphatic carbocycles. The second kappa shape index (κ2) is 2.85. The van der Waals surface area contributed by atoms with Crippen LogP contribution in [0.5, 0.6) is 0 Å². The number of carbonyl (C=O) groups is 1. The van der Waals surface area contributed by atoms with E-state index in [0.717, 1.165) is 25.4 Å². The van der Waals surface area contributed by atoms with Gasteiger partial charge in [0, 0.05) is 13.1 Å².